The van der Waals surface area contributed by atoms with Crippen molar-refractivity contribution in [2.45, 2.75) is 26.1 Å². The molecule has 0 radical (unpaired) electrons. The molecule has 5 aromatic rings. The van der Waals surface area contributed by atoms with Gasteiger partial charge in [0.15, 0.2) is 0 Å². The summed E-state index contributed by atoms with van der Waals surface area (Å²) >= 11 is 6.25. The number of ether oxygens (including phenoxy) is 1. The lowest BCUT2D eigenvalue weighted by Crippen LogP contribution is -2.41. The summed E-state index contributed by atoms with van der Waals surface area (Å²) in [6.45, 7) is 2.75. The third kappa shape index (κ3) is 4.66. The Bertz CT molecular complexity index is 1620. The molecule has 2 amide bonds. The number of hydrogen-bond donors (Lipinski definition) is 1. The lowest BCUT2D eigenvalue weighted by Gasteiger charge is -2.31. The van der Waals surface area contributed by atoms with Gasteiger partial charge in [0.2, 0.25) is 0 Å². The van der Waals surface area contributed by atoms with Crippen molar-refractivity contribution in [1.29, 1.82) is 0 Å². The van der Waals surface area contributed by atoms with Crippen LogP contribution < -0.4 is 10.1 Å². The Labute approximate surface area is 232 Å². The molecule has 196 valence electrons. The molecule has 0 saturated heterocycles. The number of nitrogens with zero attached hydrogens (tertiary/aromatic N) is 4. The summed E-state index contributed by atoms with van der Waals surface area (Å²) in [6.07, 6.45) is 2.04. The number of aromatic nitrogens is 3. The Morgan fingerprint density at radius 1 is 1.03 bits per heavy atom. The molecule has 7 nitrogen and oxygen atoms in total. The van der Waals surface area contributed by atoms with Crippen molar-refractivity contribution in [2.75, 3.05) is 7.11 Å². The second kappa shape index (κ2) is 10.3. The summed E-state index contributed by atoms with van der Waals surface area (Å²) in [4.78, 5) is 15.9. The average molecular weight is 538 g/mol. The molecule has 1 N–H and O–H groups in total. The van der Waals surface area contributed by atoms with E-state index in [0.717, 1.165) is 45.3 Å². The molecule has 39 heavy (non-hydrogen) atoms. The van der Waals surface area contributed by atoms with Crippen LogP contribution in [0.2, 0.25) is 5.02 Å². The van der Waals surface area contributed by atoms with Gasteiger partial charge in [0.05, 0.1) is 36.8 Å². The third-order valence-electron chi connectivity index (χ3n) is 7.11. The molecule has 0 spiro atoms. The number of halogens is 1. The van der Waals surface area contributed by atoms with E-state index in [1.54, 1.807) is 7.11 Å². The van der Waals surface area contributed by atoms with Gasteiger partial charge >= 0.3 is 6.03 Å². The summed E-state index contributed by atoms with van der Waals surface area (Å²) in [7, 11) is 1.64. The normalized spacial score (nSPS) is 14.3. The fraction of sp³-hybridized carbons (Fsp3) is 0.161. The molecule has 0 aliphatic carbocycles. The summed E-state index contributed by atoms with van der Waals surface area (Å²) in [6, 6.07) is 29.0. The van der Waals surface area contributed by atoms with Crippen LogP contribution in [0.5, 0.6) is 5.75 Å². The second-order valence-corrected chi connectivity index (χ2v) is 9.97. The number of carbonyl (C=O) groups is 1. The molecule has 6 rings (SSSR count). The smallest absolute Gasteiger partial charge is 0.318 e. The molecule has 8 heteroatoms. The Hall–Kier alpha value is -4.49. The van der Waals surface area contributed by atoms with Gasteiger partial charge in [0.1, 0.15) is 11.6 Å². The topological polar surface area (TPSA) is 64.3 Å². The Balaban J connectivity index is 1.45. The zero-order valence-corrected chi connectivity index (χ0v) is 22.5. The molecular formula is C31H28ClN5O2. The van der Waals surface area contributed by atoms with Crippen molar-refractivity contribution in [1.82, 2.24) is 24.6 Å². The lowest BCUT2D eigenvalue weighted by molar-refractivity contribution is 0.180. The Morgan fingerprint density at radius 2 is 1.82 bits per heavy atom. The fourth-order valence-corrected chi connectivity index (χ4v) is 5.33. The van der Waals surface area contributed by atoms with E-state index in [0.29, 0.717) is 18.1 Å². The van der Waals surface area contributed by atoms with E-state index in [2.05, 4.69) is 16.0 Å². The number of para-hydroxylation sites is 1. The Kier molecular flexibility index (Phi) is 6.59. The molecule has 0 fully saturated rings. The summed E-state index contributed by atoms with van der Waals surface area (Å²) < 4.78 is 9.47. The number of benzene rings is 3. The first kappa shape index (κ1) is 24.8. The number of rotatable bonds is 5. The van der Waals surface area contributed by atoms with Gasteiger partial charge in [-0.3, -0.25) is 0 Å². The first-order chi connectivity index (χ1) is 19.0. The SMILES string of the molecule is COc1cccc(CNC(=O)N2Cc3c(C)nn(-c4ccccc4)c3-n3cccc3C2c2ccc(Cl)cc2)c1. The maximum atomic E-state index is 14.0. The van der Waals surface area contributed by atoms with Crippen molar-refractivity contribution in [2.24, 2.45) is 0 Å². The summed E-state index contributed by atoms with van der Waals surface area (Å²) in [5.41, 5.74) is 5.71. The molecule has 3 heterocycles. The van der Waals surface area contributed by atoms with E-state index in [4.69, 9.17) is 21.4 Å². The van der Waals surface area contributed by atoms with Crippen LogP contribution in [-0.4, -0.2) is 32.4 Å². The van der Waals surface area contributed by atoms with Crippen LogP contribution in [0.15, 0.2) is 97.2 Å². The number of carbonyl (C=O) groups excluding carboxylic acids is 1. The van der Waals surface area contributed by atoms with E-state index in [-0.39, 0.29) is 12.1 Å². The minimum atomic E-state index is -0.349. The van der Waals surface area contributed by atoms with Crippen LogP contribution in [0, 0.1) is 6.92 Å². The largest absolute Gasteiger partial charge is 0.497 e. The minimum Gasteiger partial charge on any atom is -0.497 e. The average Bonchev–Trinajstić information content (AvgIpc) is 3.53. The maximum Gasteiger partial charge on any atom is 0.318 e. The van der Waals surface area contributed by atoms with Gasteiger partial charge in [-0.15, -0.1) is 0 Å². The van der Waals surface area contributed by atoms with Gasteiger partial charge in [-0.2, -0.15) is 5.10 Å². The van der Waals surface area contributed by atoms with Crippen LogP contribution >= 0.6 is 11.6 Å². The van der Waals surface area contributed by atoms with Crippen molar-refractivity contribution in [3.8, 4) is 17.3 Å². The number of amides is 2. The molecular weight excluding hydrogens is 510 g/mol. The van der Waals surface area contributed by atoms with Gasteiger partial charge < -0.3 is 19.5 Å². The predicted octanol–water partition coefficient (Wildman–Crippen LogP) is 6.45. The molecule has 1 aliphatic rings. The summed E-state index contributed by atoms with van der Waals surface area (Å²) in [5.74, 6) is 1.68. The van der Waals surface area contributed by atoms with Crippen LogP contribution in [0.25, 0.3) is 11.5 Å². The van der Waals surface area contributed by atoms with E-state index in [1.807, 2.05) is 108 Å². The first-order valence-electron chi connectivity index (χ1n) is 12.8. The predicted molar refractivity (Wildman–Crippen MR) is 152 cm³/mol. The highest BCUT2D eigenvalue weighted by molar-refractivity contribution is 6.30. The molecule has 2 aromatic heterocycles. The number of nitrogens with one attached hydrogen (secondary N) is 1. The monoisotopic (exact) mass is 537 g/mol. The van der Waals surface area contributed by atoms with Gasteiger partial charge in [0.25, 0.3) is 0 Å². The first-order valence-corrected chi connectivity index (χ1v) is 13.2. The molecule has 0 bridgehead atoms. The zero-order valence-electron chi connectivity index (χ0n) is 21.7. The quantitative estimate of drug-likeness (QED) is 0.280. The highest BCUT2D eigenvalue weighted by atomic mass is 35.5. The molecule has 1 atom stereocenters. The molecule has 0 saturated carbocycles. The van der Waals surface area contributed by atoms with Crippen LogP contribution in [-0.2, 0) is 13.1 Å². The zero-order chi connectivity index (χ0) is 26.9. The van der Waals surface area contributed by atoms with Crippen molar-refractivity contribution >= 4 is 17.6 Å². The van der Waals surface area contributed by atoms with Crippen LogP contribution in [0.4, 0.5) is 4.79 Å². The third-order valence-corrected chi connectivity index (χ3v) is 7.36. The standard InChI is InChI=1S/C31H28ClN5O2/c1-21-27-20-36(31(38)33-19-22-8-6-11-26(18-22)39-2)29(23-13-15-24(32)16-14-23)28-12-7-17-35(28)30(27)37(34-21)25-9-4-3-5-10-25/h3-18,29H,19-20H2,1-2H3,(H,33,38). The van der Waals surface area contributed by atoms with Crippen molar-refractivity contribution < 1.29 is 9.53 Å². The fourth-order valence-electron chi connectivity index (χ4n) is 5.21. The minimum absolute atomic E-state index is 0.176. The van der Waals surface area contributed by atoms with Gasteiger partial charge in [-0.05, 0) is 66.6 Å². The van der Waals surface area contributed by atoms with Gasteiger partial charge in [-0.25, -0.2) is 9.48 Å². The molecule has 1 unspecified atom stereocenters. The van der Waals surface area contributed by atoms with E-state index in [9.17, 15) is 4.79 Å². The lowest BCUT2D eigenvalue weighted by atomic mass is 10.0. The number of fused-ring (bicyclic) bond motifs is 3. The second-order valence-electron chi connectivity index (χ2n) is 9.53. The highest BCUT2D eigenvalue weighted by Crippen LogP contribution is 2.38. The van der Waals surface area contributed by atoms with E-state index < -0.39 is 0 Å². The number of methoxy groups -OCH3 is 1. The summed E-state index contributed by atoms with van der Waals surface area (Å²) in [5, 5.41) is 8.69. The van der Waals surface area contributed by atoms with Crippen LogP contribution in [0.3, 0.4) is 0 Å². The number of hydrogen-bond acceptors (Lipinski definition) is 3. The van der Waals surface area contributed by atoms with E-state index in [1.165, 1.54) is 0 Å². The Morgan fingerprint density at radius 3 is 2.59 bits per heavy atom. The molecule has 3 aromatic carbocycles. The van der Waals surface area contributed by atoms with Crippen molar-refractivity contribution in [3.63, 3.8) is 0 Å². The molecule has 1 aliphatic heterocycles. The van der Waals surface area contributed by atoms with E-state index >= 15 is 0 Å². The number of aryl methyl sites for hydroxylation is 1. The van der Waals surface area contributed by atoms with Gasteiger partial charge in [0, 0.05) is 23.3 Å². The van der Waals surface area contributed by atoms with Crippen molar-refractivity contribution in [3.05, 3.63) is 130 Å². The van der Waals surface area contributed by atoms with Crippen LogP contribution in [0.1, 0.15) is 34.1 Å². The number of urea groups is 1. The maximum absolute atomic E-state index is 14.0. The van der Waals surface area contributed by atoms with Gasteiger partial charge in [-0.1, -0.05) is 54.1 Å². The highest BCUT2D eigenvalue weighted by Gasteiger charge is 2.35.